The van der Waals surface area contributed by atoms with Crippen LogP contribution in [0, 0.1) is 0 Å². The van der Waals surface area contributed by atoms with Crippen molar-refractivity contribution in [2.75, 3.05) is 31.7 Å². The predicted octanol–water partition coefficient (Wildman–Crippen LogP) is 0.958. The molecule has 1 aliphatic heterocycles. The maximum atomic E-state index is 10.7. The van der Waals surface area contributed by atoms with Crippen molar-refractivity contribution >= 4 is 11.8 Å². The van der Waals surface area contributed by atoms with Gasteiger partial charge in [-0.3, -0.25) is 0 Å². The number of methoxy groups -OCH3 is 1. The standard InChI is InChI=1S/C12H15N3O3/c1-18-8-9-4-6-15(7-5-9)11-3-2-10(12(16)17)13-14-11/h2-4H,5-8H2,1H3,(H,16,17). The van der Waals surface area contributed by atoms with E-state index in [0.29, 0.717) is 12.4 Å². The van der Waals surface area contributed by atoms with E-state index >= 15 is 0 Å². The summed E-state index contributed by atoms with van der Waals surface area (Å²) in [6.45, 7) is 2.26. The molecule has 0 amide bonds. The molecule has 0 aliphatic carbocycles. The molecule has 0 spiro atoms. The molecule has 0 bridgehead atoms. The number of nitrogens with zero attached hydrogens (tertiary/aromatic N) is 3. The fourth-order valence-electron chi connectivity index (χ4n) is 1.84. The van der Waals surface area contributed by atoms with Crippen LogP contribution in [0.4, 0.5) is 5.82 Å². The number of carbonyl (C=O) groups is 1. The van der Waals surface area contributed by atoms with Gasteiger partial charge in [-0.05, 0) is 24.1 Å². The topological polar surface area (TPSA) is 75.5 Å². The average molecular weight is 249 g/mol. The summed E-state index contributed by atoms with van der Waals surface area (Å²) in [7, 11) is 1.68. The lowest BCUT2D eigenvalue weighted by atomic mass is 10.1. The third-order valence-corrected chi connectivity index (χ3v) is 2.83. The van der Waals surface area contributed by atoms with E-state index in [1.54, 1.807) is 13.2 Å². The molecular formula is C12H15N3O3. The van der Waals surface area contributed by atoms with Gasteiger partial charge in [0.1, 0.15) is 0 Å². The molecule has 1 aromatic heterocycles. The molecule has 1 aromatic rings. The molecule has 6 heteroatoms. The first-order valence-electron chi connectivity index (χ1n) is 5.69. The van der Waals surface area contributed by atoms with Gasteiger partial charge in [-0.15, -0.1) is 10.2 Å². The molecule has 0 radical (unpaired) electrons. The molecule has 1 aliphatic rings. The molecule has 1 N–H and O–H groups in total. The molecule has 2 heterocycles. The summed E-state index contributed by atoms with van der Waals surface area (Å²) in [4.78, 5) is 12.7. The summed E-state index contributed by atoms with van der Waals surface area (Å²) in [6, 6.07) is 3.16. The number of aromatic carboxylic acids is 1. The van der Waals surface area contributed by atoms with Crippen molar-refractivity contribution in [2.24, 2.45) is 0 Å². The van der Waals surface area contributed by atoms with E-state index < -0.39 is 5.97 Å². The first-order valence-corrected chi connectivity index (χ1v) is 5.69. The van der Waals surface area contributed by atoms with Crippen LogP contribution in [0.1, 0.15) is 16.9 Å². The monoisotopic (exact) mass is 249 g/mol. The first-order chi connectivity index (χ1) is 8.70. The highest BCUT2D eigenvalue weighted by molar-refractivity contribution is 5.85. The minimum Gasteiger partial charge on any atom is -0.476 e. The number of aromatic nitrogens is 2. The molecule has 2 rings (SSSR count). The maximum Gasteiger partial charge on any atom is 0.356 e. The van der Waals surface area contributed by atoms with E-state index in [0.717, 1.165) is 19.5 Å². The number of rotatable bonds is 4. The van der Waals surface area contributed by atoms with Gasteiger partial charge < -0.3 is 14.7 Å². The van der Waals surface area contributed by atoms with Crippen molar-refractivity contribution < 1.29 is 14.6 Å². The second-order valence-electron chi connectivity index (χ2n) is 4.07. The van der Waals surface area contributed by atoms with Crippen molar-refractivity contribution in [3.05, 3.63) is 29.5 Å². The zero-order valence-electron chi connectivity index (χ0n) is 10.2. The molecule has 0 fully saturated rings. The van der Waals surface area contributed by atoms with Crippen LogP contribution in [-0.4, -0.2) is 48.1 Å². The van der Waals surface area contributed by atoms with Crippen LogP contribution in [0.25, 0.3) is 0 Å². The highest BCUT2D eigenvalue weighted by Gasteiger charge is 2.14. The summed E-state index contributed by atoms with van der Waals surface area (Å²) in [5, 5.41) is 16.3. The predicted molar refractivity (Wildman–Crippen MR) is 65.8 cm³/mol. The van der Waals surface area contributed by atoms with Crippen LogP contribution in [0.5, 0.6) is 0 Å². The molecule has 6 nitrogen and oxygen atoms in total. The minimum atomic E-state index is -1.06. The third-order valence-electron chi connectivity index (χ3n) is 2.83. The van der Waals surface area contributed by atoms with Gasteiger partial charge in [-0.2, -0.15) is 0 Å². The lowest BCUT2D eigenvalue weighted by molar-refractivity contribution is 0.0689. The van der Waals surface area contributed by atoms with E-state index in [-0.39, 0.29) is 5.69 Å². The summed E-state index contributed by atoms with van der Waals surface area (Å²) in [6.07, 6.45) is 3.04. The Kier molecular flexibility index (Phi) is 3.88. The normalized spacial score (nSPS) is 15.4. The zero-order valence-corrected chi connectivity index (χ0v) is 10.2. The second-order valence-corrected chi connectivity index (χ2v) is 4.07. The number of ether oxygens (including phenoxy) is 1. The molecular weight excluding hydrogens is 234 g/mol. The first kappa shape index (κ1) is 12.5. The van der Waals surface area contributed by atoms with Crippen molar-refractivity contribution in [3.63, 3.8) is 0 Å². The lowest BCUT2D eigenvalue weighted by Crippen LogP contribution is -2.30. The van der Waals surface area contributed by atoms with E-state index in [4.69, 9.17) is 9.84 Å². The van der Waals surface area contributed by atoms with Crippen LogP contribution >= 0.6 is 0 Å². The summed E-state index contributed by atoms with van der Waals surface area (Å²) in [5.41, 5.74) is 1.25. The van der Waals surface area contributed by atoms with E-state index in [9.17, 15) is 4.79 Å². The van der Waals surface area contributed by atoms with Crippen LogP contribution in [0.3, 0.4) is 0 Å². The lowest BCUT2D eigenvalue weighted by Gasteiger charge is -2.26. The largest absolute Gasteiger partial charge is 0.476 e. The Balaban J connectivity index is 2.03. The second kappa shape index (κ2) is 5.59. The van der Waals surface area contributed by atoms with Gasteiger partial charge in [0.2, 0.25) is 0 Å². The van der Waals surface area contributed by atoms with Crippen molar-refractivity contribution in [3.8, 4) is 0 Å². The summed E-state index contributed by atoms with van der Waals surface area (Å²) >= 11 is 0. The SMILES string of the molecule is COCC1=CCN(c2ccc(C(=O)O)nn2)CC1. The Morgan fingerprint density at radius 2 is 2.33 bits per heavy atom. The number of carboxylic acid groups (broad SMARTS) is 1. The maximum absolute atomic E-state index is 10.7. The molecule has 0 aromatic carbocycles. The Bertz CT molecular complexity index is 456. The molecule has 0 saturated heterocycles. The van der Waals surface area contributed by atoms with E-state index in [1.165, 1.54) is 11.6 Å². The zero-order chi connectivity index (χ0) is 13.0. The van der Waals surface area contributed by atoms with Crippen LogP contribution < -0.4 is 4.90 Å². The Hall–Kier alpha value is -1.95. The van der Waals surface area contributed by atoms with Crippen LogP contribution in [-0.2, 0) is 4.74 Å². The van der Waals surface area contributed by atoms with Gasteiger partial charge in [0.25, 0.3) is 0 Å². The number of anilines is 1. The molecule has 96 valence electrons. The van der Waals surface area contributed by atoms with Gasteiger partial charge in [0.05, 0.1) is 6.61 Å². The third kappa shape index (κ3) is 2.84. The van der Waals surface area contributed by atoms with E-state index in [2.05, 4.69) is 21.2 Å². The fourth-order valence-corrected chi connectivity index (χ4v) is 1.84. The highest BCUT2D eigenvalue weighted by atomic mass is 16.5. The Morgan fingerprint density at radius 3 is 2.83 bits per heavy atom. The van der Waals surface area contributed by atoms with Crippen molar-refractivity contribution in [1.29, 1.82) is 0 Å². The Labute approximate surface area is 105 Å². The Morgan fingerprint density at radius 1 is 1.50 bits per heavy atom. The smallest absolute Gasteiger partial charge is 0.356 e. The van der Waals surface area contributed by atoms with Gasteiger partial charge in [-0.1, -0.05) is 6.08 Å². The summed E-state index contributed by atoms with van der Waals surface area (Å²) < 4.78 is 5.08. The van der Waals surface area contributed by atoms with Gasteiger partial charge in [0, 0.05) is 20.2 Å². The number of hydrogen-bond acceptors (Lipinski definition) is 5. The quantitative estimate of drug-likeness (QED) is 0.801. The minimum absolute atomic E-state index is 0.0358. The van der Waals surface area contributed by atoms with E-state index in [1.807, 2.05) is 0 Å². The van der Waals surface area contributed by atoms with Crippen molar-refractivity contribution in [1.82, 2.24) is 10.2 Å². The van der Waals surface area contributed by atoms with Crippen LogP contribution in [0.2, 0.25) is 0 Å². The molecule has 18 heavy (non-hydrogen) atoms. The summed E-state index contributed by atoms with van der Waals surface area (Å²) in [5.74, 6) is -0.359. The number of carboxylic acids is 1. The molecule has 0 unspecified atom stereocenters. The van der Waals surface area contributed by atoms with Gasteiger partial charge in [-0.25, -0.2) is 4.79 Å². The molecule has 0 atom stereocenters. The number of hydrogen-bond donors (Lipinski definition) is 1. The van der Waals surface area contributed by atoms with Crippen LogP contribution in [0.15, 0.2) is 23.8 Å². The fraction of sp³-hybridized carbons (Fsp3) is 0.417. The van der Waals surface area contributed by atoms with Crippen molar-refractivity contribution in [2.45, 2.75) is 6.42 Å². The van der Waals surface area contributed by atoms with Gasteiger partial charge in [0.15, 0.2) is 11.5 Å². The van der Waals surface area contributed by atoms with Gasteiger partial charge >= 0.3 is 5.97 Å². The molecule has 0 saturated carbocycles. The average Bonchev–Trinajstić information content (AvgIpc) is 2.40. The highest BCUT2D eigenvalue weighted by Crippen LogP contribution is 2.17.